The third kappa shape index (κ3) is 3.95. The second-order valence-corrected chi connectivity index (χ2v) is 6.81. The van der Waals surface area contributed by atoms with Crippen LogP contribution in [0, 0.1) is 6.92 Å². The normalized spacial score (nSPS) is 14.6. The smallest absolute Gasteiger partial charge is 0.321 e. The molecule has 0 aliphatic carbocycles. The van der Waals surface area contributed by atoms with Crippen LogP contribution in [-0.2, 0) is 0 Å². The molecule has 0 saturated carbocycles. The van der Waals surface area contributed by atoms with Gasteiger partial charge in [-0.25, -0.2) is 14.5 Å². The molecule has 0 unspecified atom stereocenters. The molecule has 8 heteroatoms. The van der Waals surface area contributed by atoms with Gasteiger partial charge < -0.3 is 15.1 Å². The van der Waals surface area contributed by atoms with Crippen molar-refractivity contribution in [3.63, 3.8) is 0 Å². The first kappa shape index (κ1) is 18.0. The van der Waals surface area contributed by atoms with Gasteiger partial charge in [-0.05, 0) is 43.2 Å². The lowest BCUT2D eigenvalue weighted by molar-refractivity contribution is 0.215. The molecule has 1 N–H and O–H groups in total. The molecule has 144 valence electrons. The average Bonchev–Trinajstić information content (AvgIpc) is 3.14. The summed E-state index contributed by atoms with van der Waals surface area (Å²) < 4.78 is 1.66. The van der Waals surface area contributed by atoms with Crippen LogP contribution in [0.25, 0.3) is 5.69 Å². The van der Waals surface area contributed by atoms with E-state index < -0.39 is 0 Å². The summed E-state index contributed by atoms with van der Waals surface area (Å²) >= 11 is 0. The molecule has 1 aromatic carbocycles. The van der Waals surface area contributed by atoms with Gasteiger partial charge in [0, 0.05) is 49.9 Å². The van der Waals surface area contributed by atoms with Gasteiger partial charge in [-0.2, -0.15) is 5.10 Å². The predicted molar refractivity (Wildman–Crippen MR) is 108 cm³/mol. The molecule has 3 aromatic rings. The molecule has 0 atom stereocenters. The first-order chi connectivity index (χ1) is 13.7. The number of aromatic nitrogens is 4. The topological polar surface area (TPSA) is 79.2 Å². The standard InChI is InChI=1S/C20H23N7O/c1-16-13-21-7-6-19(16)25-8-3-9-26(11-10-25)20(28)24-17-4-2-5-18(12-17)27-15-22-14-23-27/h2,4-7,12-15H,3,8-11H2,1H3,(H,24,28). The summed E-state index contributed by atoms with van der Waals surface area (Å²) in [5, 5.41) is 7.13. The number of hydrogen-bond acceptors (Lipinski definition) is 5. The molecule has 0 spiro atoms. The molecular weight excluding hydrogens is 354 g/mol. The van der Waals surface area contributed by atoms with E-state index in [1.54, 1.807) is 11.0 Å². The molecule has 1 fully saturated rings. The van der Waals surface area contributed by atoms with Crippen LogP contribution in [0.2, 0.25) is 0 Å². The number of aryl methyl sites for hydroxylation is 1. The quantitative estimate of drug-likeness (QED) is 0.759. The first-order valence-corrected chi connectivity index (χ1v) is 9.37. The van der Waals surface area contributed by atoms with Crippen molar-refractivity contribution in [3.05, 3.63) is 60.9 Å². The van der Waals surface area contributed by atoms with Crippen molar-refractivity contribution >= 4 is 17.4 Å². The Balaban J connectivity index is 1.41. The van der Waals surface area contributed by atoms with Gasteiger partial charge in [0.25, 0.3) is 0 Å². The zero-order valence-electron chi connectivity index (χ0n) is 15.8. The Morgan fingerprint density at radius 3 is 2.86 bits per heavy atom. The lowest BCUT2D eigenvalue weighted by atomic mass is 10.2. The van der Waals surface area contributed by atoms with Crippen LogP contribution in [0.4, 0.5) is 16.2 Å². The fourth-order valence-corrected chi connectivity index (χ4v) is 3.45. The van der Waals surface area contributed by atoms with Crippen LogP contribution in [-0.4, -0.2) is 56.9 Å². The van der Waals surface area contributed by atoms with Crippen LogP contribution in [0.15, 0.2) is 55.4 Å². The minimum Gasteiger partial charge on any atom is -0.369 e. The number of nitrogens with one attached hydrogen (secondary N) is 1. The molecule has 1 aliphatic heterocycles. The highest BCUT2D eigenvalue weighted by Crippen LogP contribution is 2.20. The largest absolute Gasteiger partial charge is 0.369 e. The summed E-state index contributed by atoms with van der Waals surface area (Å²) in [5.41, 5.74) is 3.94. The number of pyridine rings is 1. The van der Waals surface area contributed by atoms with E-state index >= 15 is 0 Å². The van der Waals surface area contributed by atoms with Gasteiger partial charge in [0.15, 0.2) is 0 Å². The highest BCUT2D eigenvalue weighted by molar-refractivity contribution is 5.89. The zero-order chi connectivity index (χ0) is 19.3. The summed E-state index contributed by atoms with van der Waals surface area (Å²) in [7, 11) is 0. The third-order valence-electron chi connectivity index (χ3n) is 4.90. The minimum absolute atomic E-state index is 0.0796. The summed E-state index contributed by atoms with van der Waals surface area (Å²) in [6, 6.07) is 9.54. The van der Waals surface area contributed by atoms with Crippen LogP contribution in [0.3, 0.4) is 0 Å². The van der Waals surface area contributed by atoms with Crippen LogP contribution in [0.5, 0.6) is 0 Å². The van der Waals surface area contributed by atoms with E-state index in [4.69, 9.17) is 0 Å². The number of nitrogens with zero attached hydrogens (tertiary/aromatic N) is 6. The molecule has 3 heterocycles. The van der Waals surface area contributed by atoms with Gasteiger partial charge in [-0.3, -0.25) is 4.98 Å². The monoisotopic (exact) mass is 377 g/mol. The highest BCUT2D eigenvalue weighted by atomic mass is 16.2. The molecule has 1 aliphatic rings. The SMILES string of the molecule is Cc1cnccc1N1CCCN(C(=O)Nc2cccc(-n3cncn3)c2)CC1. The van der Waals surface area contributed by atoms with Gasteiger partial charge in [0.05, 0.1) is 5.69 Å². The second kappa shape index (κ2) is 8.08. The fourth-order valence-electron chi connectivity index (χ4n) is 3.45. The van der Waals surface area contributed by atoms with Crippen LogP contribution >= 0.6 is 0 Å². The second-order valence-electron chi connectivity index (χ2n) is 6.81. The number of benzene rings is 1. The number of carbonyl (C=O) groups excluding carboxylic acids is 1. The molecule has 4 rings (SSSR count). The fraction of sp³-hybridized carbons (Fsp3) is 0.300. The third-order valence-corrected chi connectivity index (χ3v) is 4.90. The molecule has 8 nitrogen and oxygen atoms in total. The Morgan fingerprint density at radius 1 is 1.11 bits per heavy atom. The van der Waals surface area contributed by atoms with E-state index in [1.807, 2.05) is 47.6 Å². The van der Waals surface area contributed by atoms with E-state index in [2.05, 4.69) is 32.2 Å². The van der Waals surface area contributed by atoms with E-state index in [1.165, 1.54) is 12.0 Å². The van der Waals surface area contributed by atoms with Crippen molar-refractivity contribution in [2.75, 3.05) is 36.4 Å². The Labute approximate surface area is 163 Å². The van der Waals surface area contributed by atoms with Crippen molar-refractivity contribution in [1.29, 1.82) is 0 Å². The number of rotatable bonds is 3. The molecule has 2 aromatic heterocycles. The number of anilines is 2. The molecular formula is C20H23N7O. The van der Waals surface area contributed by atoms with E-state index in [0.29, 0.717) is 6.54 Å². The van der Waals surface area contributed by atoms with E-state index in [9.17, 15) is 4.79 Å². The maximum absolute atomic E-state index is 12.8. The molecule has 28 heavy (non-hydrogen) atoms. The Bertz CT molecular complexity index is 941. The Morgan fingerprint density at radius 2 is 2.04 bits per heavy atom. The van der Waals surface area contributed by atoms with Crippen molar-refractivity contribution in [3.8, 4) is 5.69 Å². The minimum atomic E-state index is -0.0796. The first-order valence-electron chi connectivity index (χ1n) is 9.37. The van der Waals surface area contributed by atoms with E-state index in [-0.39, 0.29) is 6.03 Å². The van der Waals surface area contributed by atoms with Gasteiger partial charge >= 0.3 is 6.03 Å². The summed E-state index contributed by atoms with van der Waals surface area (Å²) in [6.07, 6.45) is 7.74. The molecule has 0 bridgehead atoms. The highest BCUT2D eigenvalue weighted by Gasteiger charge is 2.20. The molecule has 1 saturated heterocycles. The number of hydrogen-bond donors (Lipinski definition) is 1. The van der Waals surface area contributed by atoms with Crippen molar-refractivity contribution in [1.82, 2.24) is 24.6 Å². The maximum Gasteiger partial charge on any atom is 0.321 e. The van der Waals surface area contributed by atoms with E-state index in [0.717, 1.165) is 43.0 Å². The van der Waals surface area contributed by atoms with Gasteiger partial charge in [-0.1, -0.05) is 6.07 Å². The average molecular weight is 377 g/mol. The zero-order valence-corrected chi connectivity index (χ0v) is 15.8. The number of carbonyl (C=O) groups is 1. The van der Waals surface area contributed by atoms with Gasteiger partial charge in [-0.15, -0.1) is 0 Å². The lowest BCUT2D eigenvalue weighted by Crippen LogP contribution is -2.38. The van der Waals surface area contributed by atoms with Crippen LogP contribution in [0.1, 0.15) is 12.0 Å². The van der Waals surface area contributed by atoms with Crippen molar-refractivity contribution in [2.45, 2.75) is 13.3 Å². The van der Waals surface area contributed by atoms with Crippen LogP contribution < -0.4 is 10.2 Å². The molecule has 0 radical (unpaired) electrons. The van der Waals surface area contributed by atoms with Crippen molar-refractivity contribution in [2.24, 2.45) is 0 Å². The molecule has 2 amide bonds. The lowest BCUT2D eigenvalue weighted by Gasteiger charge is -2.25. The Hall–Kier alpha value is -3.42. The number of amides is 2. The summed E-state index contributed by atoms with van der Waals surface area (Å²) in [6.45, 7) is 5.21. The Kier molecular flexibility index (Phi) is 5.18. The van der Waals surface area contributed by atoms with Gasteiger partial charge in [0.1, 0.15) is 12.7 Å². The van der Waals surface area contributed by atoms with Crippen molar-refractivity contribution < 1.29 is 4.79 Å². The number of urea groups is 1. The maximum atomic E-state index is 12.8. The summed E-state index contributed by atoms with van der Waals surface area (Å²) in [4.78, 5) is 25.1. The summed E-state index contributed by atoms with van der Waals surface area (Å²) in [5.74, 6) is 0. The van der Waals surface area contributed by atoms with Gasteiger partial charge in [0.2, 0.25) is 0 Å². The predicted octanol–water partition coefficient (Wildman–Crippen LogP) is 2.71.